The highest BCUT2D eigenvalue weighted by atomic mass is 16.3. The van der Waals surface area contributed by atoms with E-state index in [1.54, 1.807) is 6.20 Å². The van der Waals surface area contributed by atoms with Crippen LogP contribution in [0.25, 0.3) is 0 Å². The molecule has 78 valence electrons. The van der Waals surface area contributed by atoms with Crippen LogP contribution < -0.4 is 5.32 Å². The molecule has 1 atom stereocenters. The van der Waals surface area contributed by atoms with Gasteiger partial charge in [0, 0.05) is 13.2 Å². The summed E-state index contributed by atoms with van der Waals surface area (Å²) < 4.78 is 0. The molecular formula is C10H17N3O. The van der Waals surface area contributed by atoms with Crippen molar-refractivity contribution in [3.63, 3.8) is 0 Å². The van der Waals surface area contributed by atoms with E-state index in [9.17, 15) is 0 Å². The molecule has 1 aromatic rings. The van der Waals surface area contributed by atoms with Crippen LogP contribution in [-0.4, -0.2) is 28.2 Å². The molecule has 0 spiro atoms. The molecule has 14 heavy (non-hydrogen) atoms. The Bertz CT molecular complexity index is 301. The number of nitrogens with one attached hydrogen (secondary N) is 1. The molecule has 0 aliphatic heterocycles. The van der Waals surface area contributed by atoms with Crippen LogP contribution in [0, 0.1) is 19.8 Å². The molecule has 4 nitrogen and oxygen atoms in total. The van der Waals surface area contributed by atoms with Gasteiger partial charge in [-0.25, -0.2) is 4.98 Å². The van der Waals surface area contributed by atoms with E-state index in [0.717, 1.165) is 17.2 Å². The lowest BCUT2D eigenvalue weighted by Gasteiger charge is -2.10. The molecule has 0 saturated carbocycles. The molecule has 1 unspecified atom stereocenters. The molecule has 0 aliphatic rings. The molecule has 0 amide bonds. The second kappa shape index (κ2) is 4.91. The van der Waals surface area contributed by atoms with Crippen molar-refractivity contribution in [1.29, 1.82) is 0 Å². The van der Waals surface area contributed by atoms with Gasteiger partial charge >= 0.3 is 0 Å². The summed E-state index contributed by atoms with van der Waals surface area (Å²) in [7, 11) is 0. The summed E-state index contributed by atoms with van der Waals surface area (Å²) in [6.45, 7) is 6.74. The van der Waals surface area contributed by atoms with Crippen LogP contribution >= 0.6 is 0 Å². The lowest BCUT2D eigenvalue weighted by atomic mass is 10.2. The molecule has 1 heterocycles. The first-order chi connectivity index (χ1) is 6.63. The van der Waals surface area contributed by atoms with Gasteiger partial charge in [-0.2, -0.15) is 0 Å². The summed E-state index contributed by atoms with van der Waals surface area (Å²) in [5.41, 5.74) is 1.89. The van der Waals surface area contributed by atoms with Crippen LogP contribution in [0.5, 0.6) is 0 Å². The SMILES string of the molecule is Cc1ncc(NCC(C)CO)nc1C. The third kappa shape index (κ3) is 2.96. The minimum absolute atomic E-state index is 0.186. The van der Waals surface area contributed by atoms with E-state index in [1.807, 2.05) is 20.8 Å². The standard InChI is InChI=1S/C10H17N3O/c1-7(6-14)4-12-10-5-11-8(2)9(3)13-10/h5,7,14H,4,6H2,1-3H3,(H,12,13). The Balaban J connectivity index is 2.55. The smallest absolute Gasteiger partial charge is 0.144 e. The summed E-state index contributed by atoms with van der Waals surface area (Å²) in [6, 6.07) is 0. The van der Waals surface area contributed by atoms with Gasteiger partial charge in [0.1, 0.15) is 5.82 Å². The van der Waals surface area contributed by atoms with Crippen molar-refractivity contribution in [2.45, 2.75) is 20.8 Å². The van der Waals surface area contributed by atoms with Crippen LogP contribution in [0.4, 0.5) is 5.82 Å². The van der Waals surface area contributed by atoms with Crippen LogP contribution in [0.15, 0.2) is 6.20 Å². The van der Waals surface area contributed by atoms with Gasteiger partial charge in [-0.05, 0) is 19.8 Å². The molecule has 0 aromatic carbocycles. The number of anilines is 1. The maximum Gasteiger partial charge on any atom is 0.144 e. The van der Waals surface area contributed by atoms with E-state index in [1.165, 1.54) is 0 Å². The Labute approximate surface area is 84.4 Å². The van der Waals surface area contributed by atoms with Crippen LogP contribution in [0.3, 0.4) is 0 Å². The molecule has 4 heteroatoms. The second-order valence-electron chi connectivity index (χ2n) is 3.59. The van der Waals surface area contributed by atoms with E-state index >= 15 is 0 Å². The monoisotopic (exact) mass is 195 g/mol. The van der Waals surface area contributed by atoms with Crippen molar-refractivity contribution in [2.24, 2.45) is 5.92 Å². The van der Waals surface area contributed by atoms with Gasteiger partial charge in [0.15, 0.2) is 0 Å². The summed E-state index contributed by atoms with van der Waals surface area (Å²) in [4.78, 5) is 8.52. The molecule has 0 saturated heterocycles. The van der Waals surface area contributed by atoms with E-state index < -0.39 is 0 Å². The highest BCUT2D eigenvalue weighted by Gasteiger charge is 2.02. The number of rotatable bonds is 4. The first-order valence-corrected chi connectivity index (χ1v) is 4.78. The predicted molar refractivity (Wildman–Crippen MR) is 56.2 cm³/mol. The lowest BCUT2D eigenvalue weighted by molar-refractivity contribution is 0.244. The van der Waals surface area contributed by atoms with Gasteiger partial charge in [-0.15, -0.1) is 0 Å². The molecule has 0 aliphatic carbocycles. The molecule has 0 bridgehead atoms. The number of nitrogens with zero attached hydrogens (tertiary/aromatic N) is 2. The Morgan fingerprint density at radius 3 is 2.71 bits per heavy atom. The molecule has 1 rings (SSSR count). The maximum atomic E-state index is 8.84. The Morgan fingerprint density at radius 1 is 1.43 bits per heavy atom. The second-order valence-corrected chi connectivity index (χ2v) is 3.59. The van der Waals surface area contributed by atoms with Crippen LogP contribution in [-0.2, 0) is 0 Å². The number of aryl methyl sites for hydroxylation is 2. The fourth-order valence-electron chi connectivity index (χ4n) is 0.970. The number of aliphatic hydroxyl groups excluding tert-OH is 1. The van der Waals surface area contributed by atoms with E-state index in [2.05, 4.69) is 15.3 Å². The molecule has 0 radical (unpaired) electrons. The predicted octanol–water partition coefficient (Wildman–Crippen LogP) is 1.13. The maximum absolute atomic E-state index is 8.84. The summed E-state index contributed by atoms with van der Waals surface area (Å²) >= 11 is 0. The fraction of sp³-hybridized carbons (Fsp3) is 0.600. The average Bonchev–Trinajstić information content (AvgIpc) is 2.19. The molecular weight excluding hydrogens is 178 g/mol. The van der Waals surface area contributed by atoms with Crippen molar-refractivity contribution in [3.8, 4) is 0 Å². The molecule has 2 N–H and O–H groups in total. The Hall–Kier alpha value is -1.16. The summed E-state index contributed by atoms with van der Waals surface area (Å²) in [5, 5.41) is 12.0. The largest absolute Gasteiger partial charge is 0.396 e. The first kappa shape index (κ1) is 10.9. The zero-order chi connectivity index (χ0) is 10.6. The van der Waals surface area contributed by atoms with Gasteiger partial charge in [-0.1, -0.05) is 6.92 Å². The Kier molecular flexibility index (Phi) is 3.83. The Morgan fingerprint density at radius 2 is 2.14 bits per heavy atom. The quantitative estimate of drug-likeness (QED) is 0.756. The van der Waals surface area contributed by atoms with E-state index in [4.69, 9.17) is 5.11 Å². The minimum Gasteiger partial charge on any atom is -0.396 e. The van der Waals surface area contributed by atoms with E-state index in [-0.39, 0.29) is 12.5 Å². The molecule has 0 fully saturated rings. The first-order valence-electron chi connectivity index (χ1n) is 4.78. The minimum atomic E-state index is 0.186. The van der Waals surface area contributed by atoms with Crippen molar-refractivity contribution >= 4 is 5.82 Å². The summed E-state index contributed by atoms with van der Waals surface area (Å²) in [6.07, 6.45) is 1.71. The number of hydrogen-bond acceptors (Lipinski definition) is 4. The normalized spacial score (nSPS) is 12.6. The third-order valence-corrected chi connectivity index (χ3v) is 2.14. The van der Waals surface area contributed by atoms with E-state index in [0.29, 0.717) is 6.54 Å². The van der Waals surface area contributed by atoms with Gasteiger partial charge in [0.05, 0.1) is 17.6 Å². The van der Waals surface area contributed by atoms with Crippen molar-refractivity contribution in [1.82, 2.24) is 9.97 Å². The molecule has 1 aromatic heterocycles. The average molecular weight is 195 g/mol. The van der Waals surface area contributed by atoms with Crippen molar-refractivity contribution in [2.75, 3.05) is 18.5 Å². The third-order valence-electron chi connectivity index (χ3n) is 2.14. The van der Waals surface area contributed by atoms with Gasteiger partial charge in [0.25, 0.3) is 0 Å². The number of aromatic nitrogens is 2. The van der Waals surface area contributed by atoms with Crippen molar-refractivity contribution in [3.05, 3.63) is 17.6 Å². The highest BCUT2D eigenvalue weighted by Crippen LogP contribution is 2.06. The zero-order valence-electron chi connectivity index (χ0n) is 8.91. The topological polar surface area (TPSA) is 58.0 Å². The zero-order valence-corrected chi connectivity index (χ0v) is 8.91. The van der Waals surface area contributed by atoms with Crippen molar-refractivity contribution < 1.29 is 5.11 Å². The van der Waals surface area contributed by atoms with Gasteiger partial charge < -0.3 is 10.4 Å². The summed E-state index contributed by atoms with van der Waals surface area (Å²) in [5.74, 6) is 1.01. The number of hydrogen-bond donors (Lipinski definition) is 2. The highest BCUT2D eigenvalue weighted by molar-refractivity contribution is 5.33. The lowest BCUT2D eigenvalue weighted by Crippen LogP contribution is -2.15. The fourth-order valence-corrected chi connectivity index (χ4v) is 0.970. The van der Waals surface area contributed by atoms with Crippen LogP contribution in [0.1, 0.15) is 18.3 Å². The van der Waals surface area contributed by atoms with Gasteiger partial charge in [-0.3, -0.25) is 4.98 Å². The van der Waals surface area contributed by atoms with Gasteiger partial charge in [0.2, 0.25) is 0 Å². The number of aliphatic hydroxyl groups is 1. The van der Waals surface area contributed by atoms with Crippen LogP contribution in [0.2, 0.25) is 0 Å².